The minimum absolute atomic E-state index is 0.0424. The number of aryl methyl sites for hydroxylation is 2. The second-order valence-corrected chi connectivity index (χ2v) is 8.31. The number of amides is 1. The smallest absolute Gasteiger partial charge is 0.244 e. The van der Waals surface area contributed by atoms with Crippen LogP contribution in [0.4, 0.5) is 5.69 Å². The number of nitrogens with zero attached hydrogens (tertiary/aromatic N) is 6. The van der Waals surface area contributed by atoms with Crippen LogP contribution in [0, 0.1) is 13.8 Å². The summed E-state index contributed by atoms with van der Waals surface area (Å²) in [4.78, 5) is 17.0. The van der Waals surface area contributed by atoms with Gasteiger partial charge in [0, 0.05) is 49.7 Å². The number of carbonyl (C=O) groups excluding carboxylic acids is 1. The molecule has 0 unspecified atom stereocenters. The number of piperazine rings is 1. The van der Waals surface area contributed by atoms with Crippen LogP contribution in [0.3, 0.4) is 0 Å². The zero-order chi connectivity index (χ0) is 22.1. The summed E-state index contributed by atoms with van der Waals surface area (Å²) in [5, 5.41) is 10.1. The van der Waals surface area contributed by atoms with Gasteiger partial charge >= 0.3 is 0 Å². The second-order valence-electron chi connectivity index (χ2n) is 7.50. The van der Waals surface area contributed by atoms with Crippen molar-refractivity contribution in [1.82, 2.24) is 24.5 Å². The van der Waals surface area contributed by atoms with Gasteiger partial charge < -0.3 is 14.5 Å². The van der Waals surface area contributed by atoms with E-state index in [1.165, 1.54) is 0 Å². The van der Waals surface area contributed by atoms with Crippen LogP contribution >= 0.6 is 23.2 Å². The van der Waals surface area contributed by atoms with E-state index in [1.54, 1.807) is 22.7 Å². The minimum atomic E-state index is 0.0424. The van der Waals surface area contributed by atoms with E-state index in [-0.39, 0.29) is 12.5 Å². The molecule has 31 heavy (non-hydrogen) atoms. The van der Waals surface area contributed by atoms with Crippen molar-refractivity contribution >= 4 is 34.8 Å². The lowest BCUT2D eigenvalue weighted by atomic mass is 10.2. The molecule has 0 bridgehead atoms. The van der Waals surface area contributed by atoms with Gasteiger partial charge in [-0.25, -0.2) is 4.68 Å². The van der Waals surface area contributed by atoms with E-state index in [1.807, 2.05) is 43.0 Å². The lowest BCUT2D eigenvalue weighted by Crippen LogP contribution is -2.49. The average Bonchev–Trinajstić information content (AvgIpc) is 3.30. The zero-order valence-corrected chi connectivity index (χ0v) is 19.2. The molecule has 3 aromatic rings. The third-order valence-electron chi connectivity index (χ3n) is 5.46. The highest BCUT2D eigenvalue weighted by atomic mass is 35.5. The number of carbonyl (C=O) groups is 1. The SMILES string of the molecule is COc1cc(N2CCN(C(=O)Cn3nc(-n4cc(Cl)c(C)n4)cc3C)CC2)ccc1Cl. The molecule has 0 aliphatic carbocycles. The highest BCUT2D eigenvalue weighted by molar-refractivity contribution is 6.32. The van der Waals surface area contributed by atoms with Crippen LogP contribution in [0.15, 0.2) is 30.5 Å². The molecular weight excluding hydrogens is 439 g/mol. The van der Waals surface area contributed by atoms with Crippen molar-refractivity contribution in [2.45, 2.75) is 20.4 Å². The number of benzene rings is 1. The molecule has 0 radical (unpaired) electrons. The van der Waals surface area contributed by atoms with Crippen molar-refractivity contribution in [2.75, 3.05) is 38.2 Å². The monoisotopic (exact) mass is 462 g/mol. The molecule has 164 valence electrons. The number of aromatic nitrogens is 4. The first-order chi connectivity index (χ1) is 14.9. The molecule has 0 saturated carbocycles. The fraction of sp³-hybridized carbons (Fsp3) is 0.381. The number of methoxy groups -OCH3 is 1. The zero-order valence-electron chi connectivity index (χ0n) is 17.7. The summed E-state index contributed by atoms with van der Waals surface area (Å²) in [5.41, 5.74) is 2.66. The van der Waals surface area contributed by atoms with Crippen molar-refractivity contribution < 1.29 is 9.53 Å². The highest BCUT2D eigenvalue weighted by Gasteiger charge is 2.23. The Kier molecular flexibility index (Phi) is 6.11. The van der Waals surface area contributed by atoms with Gasteiger partial charge in [0.05, 0.1) is 29.0 Å². The molecule has 1 aliphatic heterocycles. The Bertz CT molecular complexity index is 1080. The molecule has 1 fully saturated rings. The number of halogens is 2. The van der Waals surface area contributed by atoms with Crippen molar-refractivity contribution in [3.8, 4) is 11.6 Å². The van der Waals surface area contributed by atoms with E-state index in [0.29, 0.717) is 34.7 Å². The topological polar surface area (TPSA) is 68.4 Å². The first kappa shape index (κ1) is 21.5. The molecule has 0 N–H and O–H groups in total. The molecule has 2 aromatic heterocycles. The molecule has 8 nitrogen and oxygen atoms in total. The van der Waals surface area contributed by atoms with Crippen LogP contribution in [0.1, 0.15) is 11.4 Å². The quantitative estimate of drug-likeness (QED) is 0.581. The Morgan fingerprint density at radius 2 is 1.81 bits per heavy atom. The standard InChI is InChI=1S/C21H24Cl2N6O2/c1-14-10-20(29-12-18(23)15(2)24-29)25-28(14)13-21(30)27-8-6-26(7-9-27)16-4-5-17(22)19(11-16)31-3/h4-5,10-12H,6-9,13H2,1-3H3. The van der Waals surface area contributed by atoms with Crippen molar-refractivity contribution in [3.05, 3.63) is 51.9 Å². The summed E-state index contributed by atoms with van der Waals surface area (Å²) in [6, 6.07) is 7.62. The largest absolute Gasteiger partial charge is 0.495 e. The van der Waals surface area contributed by atoms with Crippen LogP contribution in [0.2, 0.25) is 10.0 Å². The molecule has 1 aromatic carbocycles. The van der Waals surface area contributed by atoms with Gasteiger partial charge in [-0.15, -0.1) is 0 Å². The Hall–Kier alpha value is -2.71. The van der Waals surface area contributed by atoms with Gasteiger partial charge in [-0.05, 0) is 26.0 Å². The van der Waals surface area contributed by atoms with Crippen LogP contribution in [-0.4, -0.2) is 63.7 Å². The highest BCUT2D eigenvalue weighted by Crippen LogP contribution is 2.29. The van der Waals surface area contributed by atoms with Gasteiger partial charge in [-0.2, -0.15) is 10.2 Å². The molecule has 1 saturated heterocycles. The van der Waals surface area contributed by atoms with Gasteiger partial charge in [-0.1, -0.05) is 23.2 Å². The number of rotatable bonds is 5. The summed E-state index contributed by atoms with van der Waals surface area (Å²) in [6.45, 7) is 6.72. The van der Waals surface area contributed by atoms with E-state index >= 15 is 0 Å². The van der Waals surface area contributed by atoms with Gasteiger partial charge in [0.2, 0.25) is 5.91 Å². The van der Waals surface area contributed by atoms with Crippen molar-refractivity contribution in [2.24, 2.45) is 0 Å². The predicted molar refractivity (Wildman–Crippen MR) is 121 cm³/mol. The first-order valence-electron chi connectivity index (χ1n) is 9.98. The number of hydrogen-bond acceptors (Lipinski definition) is 5. The summed E-state index contributed by atoms with van der Waals surface area (Å²) >= 11 is 12.2. The second kappa shape index (κ2) is 8.80. The maximum absolute atomic E-state index is 12.9. The van der Waals surface area contributed by atoms with Gasteiger partial charge in [-0.3, -0.25) is 9.48 Å². The third-order valence-corrected chi connectivity index (χ3v) is 6.14. The number of ether oxygens (including phenoxy) is 1. The number of hydrogen-bond donors (Lipinski definition) is 0. The fourth-order valence-corrected chi connectivity index (χ4v) is 3.93. The predicted octanol–water partition coefficient (Wildman–Crippen LogP) is 3.35. The van der Waals surface area contributed by atoms with Crippen LogP contribution in [0.25, 0.3) is 5.82 Å². The fourth-order valence-electron chi connectivity index (χ4n) is 3.61. The molecule has 1 aliphatic rings. The summed E-state index contributed by atoms with van der Waals surface area (Å²) in [5.74, 6) is 1.33. The van der Waals surface area contributed by atoms with E-state index in [9.17, 15) is 4.79 Å². The van der Waals surface area contributed by atoms with Crippen molar-refractivity contribution in [3.63, 3.8) is 0 Å². The molecule has 4 rings (SSSR count). The molecule has 10 heteroatoms. The maximum Gasteiger partial charge on any atom is 0.244 e. The van der Waals surface area contributed by atoms with Crippen LogP contribution in [-0.2, 0) is 11.3 Å². The van der Waals surface area contributed by atoms with Gasteiger partial charge in [0.25, 0.3) is 0 Å². The number of anilines is 1. The van der Waals surface area contributed by atoms with E-state index in [2.05, 4.69) is 15.1 Å². The lowest BCUT2D eigenvalue weighted by molar-refractivity contribution is -0.132. The van der Waals surface area contributed by atoms with Gasteiger partial charge in [0.15, 0.2) is 5.82 Å². The lowest BCUT2D eigenvalue weighted by Gasteiger charge is -2.36. The summed E-state index contributed by atoms with van der Waals surface area (Å²) in [6.07, 6.45) is 1.72. The van der Waals surface area contributed by atoms with E-state index < -0.39 is 0 Å². The minimum Gasteiger partial charge on any atom is -0.495 e. The van der Waals surface area contributed by atoms with Gasteiger partial charge in [0.1, 0.15) is 12.3 Å². The Morgan fingerprint density at radius 3 is 2.45 bits per heavy atom. The van der Waals surface area contributed by atoms with E-state index in [4.69, 9.17) is 27.9 Å². The Balaban J connectivity index is 1.38. The first-order valence-corrected chi connectivity index (χ1v) is 10.7. The summed E-state index contributed by atoms with van der Waals surface area (Å²) in [7, 11) is 1.60. The Labute approximate surface area is 190 Å². The molecule has 0 spiro atoms. The van der Waals surface area contributed by atoms with E-state index in [0.717, 1.165) is 30.2 Å². The third kappa shape index (κ3) is 4.50. The molecule has 1 amide bonds. The normalized spacial score (nSPS) is 14.2. The molecule has 3 heterocycles. The summed E-state index contributed by atoms with van der Waals surface area (Å²) < 4.78 is 8.65. The van der Waals surface area contributed by atoms with Crippen LogP contribution in [0.5, 0.6) is 5.75 Å². The molecular formula is C21H24Cl2N6O2. The average molecular weight is 463 g/mol. The molecule has 0 atom stereocenters. The van der Waals surface area contributed by atoms with Crippen molar-refractivity contribution in [1.29, 1.82) is 0 Å². The Morgan fingerprint density at radius 1 is 1.06 bits per heavy atom. The van der Waals surface area contributed by atoms with Crippen LogP contribution < -0.4 is 9.64 Å². The maximum atomic E-state index is 12.9.